The lowest BCUT2D eigenvalue weighted by Crippen LogP contribution is -2.49. The van der Waals surface area contributed by atoms with Crippen LogP contribution in [0.2, 0.25) is 5.02 Å². The molecule has 1 amide bonds. The molecule has 2 unspecified atom stereocenters. The van der Waals surface area contributed by atoms with Crippen LogP contribution in [0.1, 0.15) is 42.3 Å². The lowest BCUT2D eigenvalue weighted by atomic mass is 9.93. The normalized spacial score (nSPS) is 17.0. The van der Waals surface area contributed by atoms with Gasteiger partial charge in [0, 0.05) is 22.5 Å². The van der Waals surface area contributed by atoms with Crippen LogP contribution in [-0.4, -0.2) is 42.7 Å². The second-order valence-electron chi connectivity index (χ2n) is 8.35. The molecule has 0 fully saturated rings. The summed E-state index contributed by atoms with van der Waals surface area (Å²) in [5.74, 6) is -0.635. The minimum absolute atomic E-state index is 0.0962. The van der Waals surface area contributed by atoms with Gasteiger partial charge in [0.2, 0.25) is 15.9 Å². The Bertz CT molecular complexity index is 1260. The molecule has 5 nitrogen and oxygen atoms in total. The molecule has 0 radical (unpaired) electrons. The van der Waals surface area contributed by atoms with E-state index in [2.05, 4.69) is 0 Å². The predicted octanol–water partition coefficient (Wildman–Crippen LogP) is 5.50. The lowest BCUT2D eigenvalue weighted by molar-refractivity contribution is -0.133. The fourth-order valence-corrected chi connectivity index (χ4v) is 6.92. The standard InChI is InChI=1S/C25H26ClFN2O3S2/c1-3-17(2)29(34(31,32)21-10-6-19(26)7-11-21)16-24(30)28-14-12-23-22(13-15-33-23)25(28)18-4-8-20(27)9-5-18/h4-11,13,15,17,25H,3,12,14,16H2,1-2H3. The molecular formula is C25H26ClFN2O3S2. The highest BCUT2D eigenvalue weighted by molar-refractivity contribution is 7.89. The highest BCUT2D eigenvalue weighted by Crippen LogP contribution is 2.38. The van der Waals surface area contributed by atoms with Crippen LogP contribution in [0.25, 0.3) is 0 Å². The maximum atomic E-state index is 13.7. The van der Waals surface area contributed by atoms with Crippen molar-refractivity contribution in [3.05, 3.63) is 86.8 Å². The highest BCUT2D eigenvalue weighted by Gasteiger charge is 2.37. The summed E-state index contributed by atoms with van der Waals surface area (Å²) >= 11 is 7.58. The molecule has 1 aromatic heterocycles. The largest absolute Gasteiger partial charge is 0.330 e. The van der Waals surface area contributed by atoms with Gasteiger partial charge in [0.15, 0.2) is 0 Å². The highest BCUT2D eigenvalue weighted by atomic mass is 35.5. The van der Waals surface area contributed by atoms with Crippen LogP contribution in [0.5, 0.6) is 0 Å². The molecule has 9 heteroatoms. The number of rotatable bonds is 7. The zero-order valence-corrected chi connectivity index (χ0v) is 21.3. The summed E-state index contributed by atoms with van der Waals surface area (Å²) in [5.41, 5.74) is 1.80. The third kappa shape index (κ3) is 4.91. The van der Waals surface area contributed by atoms with Gasteiger partial charge < -0.3 is 4.90 Å². The van der Waals surface area contributed by atoms with Crippen LogP contribution in [0.15, 0.2) is 64.9 Å². The van der Waals surface area contributed by atoms with Gasteiger partial charge in [0.25, 0.3) is 0 Å². The first-order chi connectivity index (χ1) is 16.2. The monoisotopic (exact) mass is 520 g/mol. The fraction of sp³-hybridized carbons (Fsp3) is 0.320. The number of sulfonamides is 1. The summed E-state index contributed by atoms with van der Waals surface area (Å²) in [6.07, 6.45) is 1.25. The van der Waals surface area contributed by atoms with Crippen molar-refractivity contribution >= 4 is 38.9 Å². The van der Waals surface area contributed by atoms with E-state index in [9.17, 15) is 17.6 Å². The van der Waals surface area contributed by atoms with E-state index >= 15 is 0 Å². The molecule has 0 saturated heterocycles. The Hall–Kier alpha value is -2.26. The third-order valence-electron chi connectivity index (χ3n) is 6.27. The number of nitrogens with zero attached hydrogens (tertiary/aromatic N) is 2. The summed E-state index contributed by atoms with van der Waals surface area (Å²) in [4.78, 5) is 16.7. The van der Waals surface area contributed by atoms with E-state index in [1.165, 1.54) is 45.6 Å². The van der Waals surface area contributed by atoms with Gasteiger partial charge in [-0.1, -0.05) is 30.7 Å². The molecule has 34 heavy (non-hydrogen) atoms. The molecule has 0 aliphatic carbocycles. The molecule has 3 aromatic rings. The molecule has 2 heterocycles. The Balaban J connectivity index is 1.68. The summed E-state index contributed by atoms with van der Waals surface area (Å²) < 4.78 is 41.8. The Morgan fingerprint density at radius 2 is 1.85 bits per heavy atom. The van der Waals surface area contributed by atoms with Gasteiger partial charge >= 0.3 is 0 Å². The Morgan fingerprint density at radius 1 is 1.18 bits per heavy atom. The molecular weight excluding hydrogens is 495 g/mol. The number of carbonyl (C=O) groups excluding carboxylic acids is 1. The van der Waals surface area contributed by atoms with E-state index in [0.717, 1.165) is 11.1 Å². The van der Waals surface area contributed by atoms with Gasteiger partial charge in [-0.2, -0.15) is 4.31 Å². The molecule has 0 N–H and O–H groups in total. The van der Waals surface area contributed by atoms with Gasteiger partial charge in [-0.25, -0.2) is 12.8 Å². The summed E-state index contributed by atoms with van der Waals surface area (Å²) in [7, 11) is -3.92. The number of hydrogen-bond donors (Lipinski definition) is 0. The van der Waals surface area contributed by atoms with Crippen molar-refractivity contribution in [1.29, 1.82) is 0 Å². The smallest absolute Gasteiger partial charge is 0.243 e. The number of halogens is 2. The number of benzene rings is 2. The van der Waals surface area contributed by atoms with E-state index in [4.69, 9.17) is 11.6 Å². The quantitative estimate of drug-likeness (QED) is 0.413. The summed E-state index contributed by atoms with van der Waals surface area (Å²) in [5, 5.41) is 2.43. The average Bonchev–Trinajstić information content (AvgIpc) is 3.31. The van der Waals surface area contributed by atoms with Gasteiger partial charge in [-0.15, -0.1) is 11.3 Å². The number of fused-ring (bicyclic) bond motifs is 1. The van der Waals surface area contributed by atoms with Gasteiger partial charge in [0.05, 0.1) is 17.5 Å². The second kappa shape index (κ2) is 10.2. The number of amides is 1. The number of hydrogen-bond acceptors (Lipinski definition) is 4. The summed E-state index contributed by atoms with van der Waals surface area (Å²) in [6.45, 7) is 3.87. The minimum atomic E-state index is -3.92. The van der Waals surface area contributed by atoms with Crippen LogP contribution in [0.4, 0.5) is 4.39 Å². The zero-order valence-electron chi connectivity index (χ0n) is 18.9. The molecule has 0 saturated carbocycles. The molecule has 2 aromatic carbocycles. The lowest BCUT2D eigenvalue weighted by Gasteiger charge is -2.38. The molecule has 180 valence electrons. The SMILES string of the molecule is CCC(C)N(CC(=O)N1CCc2sccc2C1c1ccc(F)cc1)S(=O)(=O)c1ccc(Cl)cc1. The predicted molar refractivity (Wildman–Crippen MR) is 133 cm³/mol. The van der Waals surface area contributed by atoms with Crippen molar-refractivity contribution in [3.8, 4) is 0 Å². The van der Waals surface area contributed by atoms with Gasteiger partial charge in [-0.3, -0.25) is 4.79 Å². The molecule has 2 atom stereocenters. The van der Waals surface area contributed by atoms with Gasteiger partial charge in [0.1, 0.15) is 5.82 Å². The van der Waals surface area contributed by atoms with Crippen molar-refractivity contribution in [1.82, 2.24) is 9.21 Å². The van der Waals surface area contributed by atoms with Gasteiger partial charge in [-0.05, 0) is 78.7 Å². The summed E-state index contributed by atoms with van der Waals surface area (Å²) in [6, 6.07) is 13.3. The number of carbonyl (C=O) groups is 1. The topological polar surface area (TPSA) is 57.7 Å². The van der Waals surface area contributed by atoms with Crippen molar-refractivity contribution in [2.45, 2.75) is 43.7 Å². The first-order valence-corrected chi connectivity index (χ1v) is 13.8. The van der Waals surface area contributed by atoms with Crippen molar-refractivity contribution in [2.75, 3.05) is 13.1 Å². The zero-order chi connectivity index (χ0) is 24.5. The van der Waals surface area contributed by atoms with E-state index < -0.39 is 10.0 Å². The van der Waals surface area contributed by atoms with Crippen LogP contribution < -0.4 is 0 Å². The van der Waals surface area contributed by atoms with Crippen molar-refractivity contribution < 1.29 is 17.6 Å². The maximum Gasteiger partial charge on any atom is 0.243 e. The van der Waals surface area contributed by atoms with Crippen LogP contribution >= 0.6 is 22.9 Å². The van der Waals surface area contributed by atoms with E-state index in [1.807, 2.05) is 18.4 Å². The first kappa shape index (κ1) is 24.9. The second-order valence-corrected chi connectivity index (χ2v) is 11.7. The van der Waals surface area contributed by atoms with Crippen LogP contribution in [-0.2, 0) is 21.2 Å². The molecule has 4 rings (SSSR count). The van der Waals surface area contributed by atoms with E-state index in [-0.39, 0.29) is 35.2 Å². The maximum absolute atomic E-state index is 13.7. The average molecular weight is 521 g/mol. The van der Waals surface area contributed by atoms with E-state index in [0.29, 0.717) is 24.4 Å². The molecule has 1 aliphatic rings. The minimum Gasteiger partial charge on any atom is -0.330 e. The first-order valence-electron chi connectivity index (χ1n) is 11.1. The fourth-order valence-electron chi connectivity index (χ4n) is 4.24. The molecule has 0 bridgehead atoms. The third-order valence-corrected chi connectivity index (χ3v) is 9.49. The Morgan fingerprint density at radius 3 is 2.50 bits per heavy atom. The number of thiophene rings is 1. The molecule has 0 spiro atoms. The van der Waals surface area contributed by atoms with Crippen LogP contribution in [0, 0.1) is 5.82 Å². The van der Waals surface area contributed by atoms with Crippen LogP contribution in [0.3, 0.4) is 0 Å². The Labute approximate surface area is 208 Å². The van der Waals surface area contributed by atoms with Crippen molar-refractivity contribution in [3.63, 3.8) is 0 Å². The van der Waals surface area contributed by atoms with E-state index in [1.54, 1.807) is 35.3 Å². The Kier molecular flexibility index (Phi) is 7.42. The van der Waals surface area contributed by atoms with Crippen molar-refractivity contribution in [2.24, 2.45) is 0 Å². The molecule has 1 aliphatic heterocycles.